The van der Waals surface area contributed by atoms with E-state index in [0.29, 0.717) is 6.54 Å². The van der Waals surface area contributed by atoms with Gasteiger partial charge >= 0.3 is 0 Å². The SMILES string of the molecule is C[C@@]12C(=O)N(Cc3ccccc3)C(=O)[C@H]1C1c3ccccc3C2c2ccccc21. The molecule has 0 aromatic heterocycles. The molecule has 0 N–H and O–H groups in total. The van der Waals surface area contributed by atoms with E-state index in [4.69, 9.17) is 0 Å². The molecular weight excluding hydrogens is 358 g/mol. The van der Waals surface area contributed by atoms with Crippen molar-refractivity contribution >= 4 is 11.8 Å². The largest absolute Gasteiger partial charge is 0.277 e. The van der Waals surface area contributed by atoms with Crippen LogP contribution < -0.4 is 0 Å². The summed E-state index contributed by atoms with van der Waals surface area (Å²) in [6, 6.07) is 26.5. The molecule has 3 nitrogen and oxygen atoms in total. The Balaban J connectivity index is 1.55. The van der Waals surface area contributed by atoms with Crippen molar-refractivity contribution in [3.8, 4) is 0 Å². The summed E-state index contributed by atoms with van der Waals surface area (Å²) >= 11 is 0. The standard InChI is InChI=1S/C26H21NO2/c1-26-22-19-13-7-5-11-17(19)21(18-12-6-8-14-20(18)22)23(26)24(28)27(25(26)29)15-16-9-3-2-4-10-16/h2-14,21-23H,15H2,1H3/t21?,22?,23-,26+/m1/s1. The number of nitrogens with zero attached hydrogens (tertiary/aromatic N) is 1. The minimum absolute atomic E-state index is 0.0274. The van der Waals surface area contributed by atoms with Crippen molar-refractivity contribution in [2.45, 2.75) is 25.3 Å². The van der Waals surface area contributed by atoms with Crippen molar-refractivity contribution in [1.29, 1.82) is 0 Å². The quantitative estimate of drug-likeness (QED) is 0.616. The zero-order valence-electron chi connectivity index (χ0n) is 16.2. The van der Waals surface area contributed by atoms with Gasteiger partial charge in [-0.25, -0.2) is 0 Å². The van der Waals surface area contributed by atoms with E-state index < -0.39 is 5.41 Å². The van der Waals surface area contributed by atoms with E-state index in [1.54, 1.807) is 0 Å². The van der Waals surface area contributed by atoms with Crippen LogP contribution in [0, 0.1) is 11.3 Å². The molecule has 1 fully saturated rings. The summed E-state index contributed by atoms with van der Waals surface area (Å²) in [7, 11) is 0. The predicted molar refractivity (Wildman–Crippen MR) is 110 cm³/mol. The topological polar surface area (TPSA) is 37.4 Å². The van der Waals surface area contributed by atoms with Gasteiger partial charge in [0, 0.05) is 11.8 Å². The molecule has 1 heterocycles. The van der Waals surface area contributed by atoms with E-state index >= 15 is 0 Å². The second kappa shape index (κ2) is 5.66. The summed E-state index contributed by atoms with van der Waals surface area (Å²) in [5.74, 6) is -0.541. The second-order valence-electron chi connectivity index (χ2n) is 8.64. The first-order chi connectivity index (χ1) is 14.1. The molecule has 0 spiro atoms. The van der Waals surface area contributed by atoms with Crippen molar-refractivity contribution in [2.75, 3.05) is 0 Å². The Morgan fingerprint density at radius 2 is 1.28 bits per heavy atom. The van der Waals surface area contributed by atoms with E-state index in [0.717, 1.165) is 5.56 Å². The number of imide groups is 1. The van der Waals surface area contributed by atoms with Crippen LogP contribution in [0.3, 0.4) is 0 Å². The molecule has 3 heteroatoms. The Kier molecular flexibility index (Phi) is 3.27. The molecule has 142 valence electrons. The lowest BCUT2D eigenvalue weighted by Gasteiger charge is -2.51. The number of benzene rings is 3. The third kappa shape index (κ3) is 1.97. The van der Waals surface area contributed by atoms with Gasteiger partial charge in [0.1, 0.15) is 0 Å². The van der Waals surface area contributed by atoms with Crippen molar-refractivity contribution in [2.24, 2.45) is 11.3 Å². The highest BCUT2D eigenvalue weighted by atomic mass is 16.2. The first-order valence-corrected chi connectivity index (χ1v) is 10.2. The lowest BCUT2D eigenvalue weighted by atomic mass is 9.48. The Morgan fingerprint density at radius 1 is 0.759 bits per heavy atom. The highest BCUT2D eigenvalue weighted by molar-refractivity contribution is 6.09. The van der Waals surface area contributed by atoms with Crippen LogP contribution in [-0.4, -0.2) is 16.7 Å². The minimum atomic E-state index is -0.737. The van der Waals surface area contributed by atoms with Crippen LogP contribution in [0.25, 0.3) is 0 Å². The minimum Gasteiger partial charge on any atom is -0.277 e. The molecule has 1 aliphatic heterocycles. The first kappa shape index (κ1) is 16.7. The van der Waals surface area contributed by atoms with Gasteiger partial charge in [-0.15, -0.1) is 0 Å². The lowest BCUT2D eigenvalue weighted by molar-refractivity contribution is -0.142. The van der Waals surface area contributed by atoms with E-state index in [9.17, 15) is 9.59 Å². The average Bonchev–Trinajstić information content (AvgIpc) is 2.95. The third-order valence-corrected chi connectivity index (χ3v) is 7.28. The summed E-state index contributed by atoms with van der Waals surface area (Å²) < 4.78 is 0. The third-order valence-electron chi connectivity index (χ3n) is 7.28. The van der Waals surface area contributed by atoms with Gasteiger partial charge in [0.15, 0.2) is 0 Å². The highest BCUT2D eigenvalue weighted by Crippen LogP contribution is 2.66. The molecule has 3 aromatic carbocycles. The maximum Gasteiger partial charge on any atom is 0.237 e. The molecule has 1 saturated heterocycles. The maximum absolute atomic E-state index is 13.8. The summed E-state index contributed by atoms with van der Waals surface area (Å²) in [4.78, 5) is 29.0. The number of hydrogen-bond donors (Lipinski definition) is 0. The molecular formula is C26H21NO2. The Bertz CT molecular complexity index is 1120. The summed E-state index contributed by atoms with van der Waals surface area (Å²) in [6.07, 6.45) is 0. The van der Waals surface area contributed by atoms with E-state index in [1.165, 1.54) is 27.2 Å². The number of rotatable bonds is 2. The van der Waals surface area contributed by atoms with Crippen LogP contribution >= 0.6 is 0 Å². The molecule has 7 rings (SSSR count). The van der Waals surface area contributed by atoms with Gasteiger partial charge < -0.3 is 0 Å². The van der Waals surface area contributed by atoms with Gasteiger partial charge in [-0.05, 0) is 34.7 Å². The fraction of sp³-hybridized carbons (Fsp3) is 0.231. The van der Waals surface area contributed by atoms with Crippen molar-refractivity contribution in [1.82, 2.24) is 4.90 Å². The Labute approximate surface area is 170 Å². The maximum atomic E-state index is 13.8. The molecule has 3 aromatic rings. The van der Waals surface area contributed by atoms with E-state index in [2.05, 4.69) is 24.3 Å². The molecule has 2 amide bonds. The van der Waals surface area contributed by atoms with Crippen LogP contribution in [0.1, 0.15) is 46.6 Å². The van der Waals surface area contributed by atoms with Crippen LogP contribution in [0.5, 0.6) is 0 Å². The molecule has 0 saturated carbocycles. The fourth-order valence-corrected chi connectivity index (χ4v) is 6.11. The van der Waals surface area contributed by atoms with Crippen molar-refractivity contribution < 1.29 is 9.59 Å². The predicted octanol–water partition coefficient (Wildman–Crippen LogP) is 4.47. The smallest absolute Gasteiger partial charge is 0.237 e. The number of carbonyl (C=O) groups is 2. The summed E-state index contributed by atoms with van der Waals surface area (Å²) in [6.45, 7) is 2.36. The molecule has 29 heavy (non-hydrogen) atoms. The van der Waals surface area contributed by atoms with E-state index in [1.807, 2.05) is 61.5 Å². The zero-order valence-corrected chi connectivity index (χ0v) is 16.2. The highest BCUT2D eigenvalue weighted by Gasteiger charge is 2.68. The molecule has 3 aliphatic carbocycles. The zero-order chi connectivity index (χ0) is 19.8. The number of amides is 2. The molecule has 0 unspecified atom stereocenters. The van der Waals surface area contributed by atoms with Gasteiger partial charge in [0.05, 0.1) is 17.9 Å². The van der Waals surface area contributed by atoms with Gasteiger partial charge in [-0.2, -0.15) is 0 Å². The molecule has 0 radical (unpaired) electrons. The van der Waals surface area contributed by atoms with Crippen LogP contribution in [0.2, 0.25) is 0 Å². The van der Waals surface area contributed by atoms with Crippen molar-refractivity contribution in [3.05, 3.63) is 107 Å². The second-order valence-corrected chi connectivity index (χ2v) is 8.64. The first-order valence-electron chi connectivity index (χ1n) is 10.2. The fourth-order valence-electron chi connectivity index (χ4n) is 6.11. The van der Waals surface area contributed by atoms with Gasteiger partial charge in [0.25, 0.3) is 0 Å². The van der Waals surface area contributed by atoms with Crippen LogP contribution in [-0.2, 0) is 16.1 Å². The van der Waals surface area contributed by atoms with Crippen molar-refractivity contribution in [3.63, 3.8) is 0 Å². The molecule has 2 atom stereocenters. The van der Waals surface area contributed by atoms with Gasteiger partial charge in [-0.3, -0.25) is 14.5 Å². The van der Waals surface area contributed by atoms with Crippen LogP contribution in [0.15, 0.2) is 78.9 Å². The van der Waals surface area contributed by atoms with E-state index in [-0.39, 0.29) is 29.6 Å². The summed E-state index contributed by atoms with van der Waals surface area (Å²) in [5.41, 5.74) is 5.08. The monoisotopic (exact) mass is 379 g/mol. The number of hydrogen-bond acceptors (Lipinski definition) is 2. The van der Waals surface area contributed by atoms with Gasteiger partial charge in [-0.1, -0.05) is 78.9 Å². The normalized spacial score (nSPS) is 28.9. The van der Waals surface area contributed by atoms with Gasteiger partial charge in [0.2, 0.25) is 11.8 Å². The Morgan fingerprint density at radius 3 is 1.86 bits per heavy atom. The molecule has 2 bridgehead atoms. The number of likely N-dealkylation sites (tertiary alicyclic amines) is 1. The Hall–Kier alpha value is -3.20. The average molecular weight is 379 g/mol. The summed E-state index contributed by atoms with van der Waals surface area (Å²) in [5, 5.41) is 0. The lowest BCUT2D eigenvalue weighted by Crippen LogP contribution is -2.49. The van der Waals surface area contributed by atoms with Crippen LogP contribution in [0.4, 0.5) is 0 Å². The molecule has 4 aliphatic rings. The number of carbonyl (C=O) groups excluding carboxylic acids is 2.